The van der Waals surface area contributed by atoms with E-state index in [0.717, 1.165) is 13.0 Å². The van der Waals surface area contributed by atoms with Crippen molar-refractivity contribution >= 4 is 5.91 Å². The van der Waals surface area contributed by atoms with Gasteiger partial charge in [-0.2, -0.15) is 0 Å². The minimum absolute atomic E-state index is 0.139. The van der Waals surface area contributed by atoms with Crippen LogP contribution in [0.2, 0.25) is 0 Å². The van der Waals surface area contributed by atoms with Crippen molar-refractivity contribution in [1.82, 2.24) is 4.90 Å². The van der Waals surface area contributed by atoms with Crippen molar-refractivity contribution in [3.63, 3.8) is 0 Å². The maximum atomic E-state index is 11.9. The van der Waals surface area contributed by atoms with E-state index in [1.807, 2.05) is 0 Å². The normalized spacial score (nSPS) is 28.1. The third-order valence-electron chi connectivity index (χ3n) is 3.66. The Balaban J connectivity index is 1.96. The van der Waals surface area contributed by atoms with Gasteiger partial charge in [-0.25, -0.2) is 0 Å². The monoisotopic (exact) mass is 181 g/mol. The zero-order chi connectivity index (χ0) is 9.64. The summed E-state index contributed by atoms with van der Waals surface area (Å²) in [5.41, 5.74) is 0.139. The van der Waals surface area contributed by atoms with Crippen molar-refractivity contribution in [2.24, 2.45) is 11.8 Å². The van der Waals surface area contributed by atoms with E-state index >= 15 is 0 Å². The van der Waals surface area contributed by atoms with E-state index in [1.54, 1.807) is 0 Å². The Morgan fingerprint density at radius 3 is 2.38 bits per heavy atom. The lowest BCUT2D eigenvalue weighted by atomic mass is 9.87. The molecule has 0 bridgehead atoms. The first kappa shape index (κ1) is 9.04. The first-order valence-corrected chi connectivity index (χ1v) is 5.34. The summed E-state index contributed by atoms with van der Waals surface area (Å²) in [6, 6.07) is 0. The highest BCUT2D eigenvalue weighted by atomic mass is 16.2. The van der Waals surface area contributed by atoms with Gasteiger partial charge in [0.2, 0.25) is 5.91 Å². The summed E-state index contributed by atoms with van der Waals surface area (Å²) < 4.78 is 0. The van der Waals surface area contributed by atoms with E-state index in [1.165, 1.54) is 12.8 Å². The van der Waals surface area contributed by atoms with Crippen LogP contribution in [0.3, 0.4) is 0 Å². The van der Waals surface area contributed by atoms with Crippen molar-refractivity contribution in [2.45, 2.75) is 45.6 Å². The van der Waals surface area contributed by atoms with Crippen molar-refractivity contribution in [2.75, 3.05) is 6.54 Å². The Morgan fingerprint density at radius 1 is 1.46 bits per heavy atom. The molecule has 2 aliphatic rings. The van der Waals surface area contributed by atoms with Gasteiger partial charge < -0.3 is 4.90 Å². The third kappa shape index (κ3) is 1.47. The fraction of sp³-hybridized carbons (Fsp3) is 0.909. The van der Waals surface area contributed by atoms with Crippen LogP contribution < -0.4 is 0 Å². The average Bonchev–Trinajstić information content (AvgIpc) is 2.83. The zero-order valence-corrected chi connectivity index (χ0v) is 8.84. The summed E-state index contributed by atoms with van der Waals surface area (Å²) in [6.07, 6.45) is 3.69. The minimum Gasteiger partial charge on any atom is -0.337 e. The van der Waals surface area contributed by atoms with E-state index < -0.39 is 0 Å². The maximum Gasteiger partial charge on any atom is 0.226 e. The quantitative estimate of drug-likeness (QED) is 0.638. The second-order valence-corrected chi connectivity index (χ2v) is 5.18. The molecule has 1 heterocycles. The second-order valence-electron chi connectivity index (χ2n) is 5.18. The standard InChI is InChI=1S/C11H19NO/c1-8(9-4-5-9)10(13)12-7-6-11(12,2)3/h8-9H,4-7H2,1-3H3. The Bertz CT molecular complexity index is 230. The average molecular weight is 181 g/mol. The minimum atomic E-state index is 0.139. The molecule has 74 valence electrons. The molecule has 2 heteroatoms. The molecule has 0 aromatic carbocycles. The first-order valence-electron chi connectivity index (χ1n) is 5.34. The van der Waals surface area contributed by atoms with Crippen LogP contribution in [0.1, 0.15) is 40.0 Å². The largest absolute Gasteiger partial charge is 0.337 e. The van der Waals surface area contributed by atoms with Crippen LogP contribution in [0.5, 0.6) is 0 Å². The fourth-order valence-electron chi connectivity index (χ4n) is 2.12. The summed E-state index contributed by atoms with van der Waals surface area (Å²) in [4.78, 5) is 14.0. The van der Waals surface area contributed by atoms with Gasteiger partial charge in [0.05, 0.1) is 0 Å². The molecule has 1 aliphatic carbocycles. The highest BCUT2D eigenvalue weighted by Gasteiger charge is 2.43. The summed E-state index contributed by atoms with van der Waals surface area (Å²) in [7, 11) is 0. The summed E-state index contributed by atoms with van der Waals surface area (Å²) in [5.74, 6) is 1.36. The topological polar surface area (TPSA) is 20.3 Å². The molecule has 2 nitrogen and oxygen atoms in total. The van der Waals surface area contributed by atoms with Gasteiger partial charge in [-0.05, 0) is 39.0 Å². The summed E-state index contributed by atoms with van der Waals surface area (Å²) in [6.45, 7) is 7.39. The Hall–Kier alpha value is -0.530. The van der Waals surface area contributed by atoms with E-state index in [-0.39, 0.29) is 11.5 Å². The number of amides is 1. The van der Waals surface area contributed by atoms with Crippen LogP contribution in [0.25, 0.3) is 0 Å². The van der Waals surface area contributed by atoms with Crippen LogP contribution in [-0.2, 0) is 4.79 Å². The molecule has 1 aliphatic heterocycles. The molecule has 0 aromatic rings. The van der Waals surface area contributed by atoms with Gasteiger partial charge in [0.25, 0.3) is 0 Å². The van der Waals surface area contributed by atoms with Gasteiger partial charge in [-0.3, -0.25) is 4.79 Å². The molecule has 0 spiro atoms. The van der Waals surface area contributed by atoms with E-state index in [2.05, 4.69) is 25.7 Å². The lowest BCUT2D eigenvalue weighted by Gasteiger charge is -2.49. The van der Waals surface area contributed by atoms with Crippen molar-refractivity contribution in [1.29, 1.82) is 0 Å². The predicted molar refractivity (Wildman–Crippen MR) is 52.3 cm³/mol. The highest BCUT2D eigenvalue weighted by Crippen LogP contribution is 2.40. The predicted octanol–water partition coefficient (Wildman–Crippen LogP) is 2.04. The molecule has 0 N–H and O–H groups in total. The Morgan fingerprint density at radius 2 is 2.08 bits per heavy atom. The van der Waals surface area contributed by atoms with E-state index in [0.29, 0.717) is 11.8 Å². The van der Waals surface area contributed by atoms with Crippen molar-refractivity contribution in [3.05, 3.63) is 0 Å². The van der Waals surface area contributed by atoms with Crippen LogP contribution >= 0.6 is 0 Å². The van der Waals surface area contributed by atoms with Crippen LogP contribution in [0.15, 0.2) is 0 Å². The second kappa shape index (κ2) is 2.73. The maximum absolute atomic E-state index is 11.9. The molecule has 0 radical (unpaired) electrons. The molecular formula is C11H19NO. The summed E-state index contributed by atoms with van der Waals surface area (Å²) >= 11 is 0. The summed E-state index contributed by atoms with van der Waals surface area (Å²) in [5, 5.41) is 0. The SMILES string of the molecule is CC(C(=O)N1CCC1(C)C)C1CC1. The number of carbonyl (C=O) groups excluding carboxylic acids is 1. The van der Waals surface area contributed by atoms with Gasteiger partial charge in [0.15, 0.2) is 0 Å². The smallest absolute Gasteiger partial charge is 0.226 e. The Labute approximate surface area is 80.3 Å². The lowest BCUT2D eigenvalue weighted by Crippen LogP contribution is -2.59. The number of nitrogens with zero attached hydrogens (tertiary/aromatic N) is 1. The molecular weight excluding hydrogens is 162 g/mol. The zero-order valence-electron chi connectivity index (χ0n) is 8.84. The van der Waals surface area contributed by atoms with Crippen molar-refractivity contribution in [3.8, 4) is 0 Å². The molecule has 1 amide bonds. The number of carbonyl (C=O) groups is 1. The number of hydrogen-bond donors (Lipinski definition) is 0. The fourth-order valence-corrected chi connectivity index (χ4v) is 2.12. The van der Waals surface area contributed by atoms with E-state index in [4.69, 9.17) is 0 Å². The number of rotatable bonds is 2. The van der Waals surface area contributed by atoms with Gasteiger partial charge in [-0.15, -0.1) is 0 Å². The first-order chi connectivity index (χ1) is 6.02. The van der Waals surface area contributed by atoms with Crippen LogP contribution in [0, 0.1) is 11.8 Å². The molecule has 0 aromatic heterocycles. The molecule has 2 fully saturated rings. The Kier molecular flexibility index (Phi) is 1.90. The van der Waals surface area contributed by atoms with Gasteiger partial charge in [0, 0.05) is 18.0 Å². The lowest BCUT2D eigenvalue weighted by molar-refractivity contribution is -0.149. The van der Waals surface area contributed by atoms with Crippen molar-refractivity contribution < 1.29 is 4.79 Å². The third-order valence-corrected chi connectivity index (χ3v) is 3.66. The van der Waals surface area contributed by atoms with Gasteiger partial charge in [0.1, 0.15) is 0 Å². The molecule has 2 rings (SSSR count). The van der Waals surface area contributed by atoms with E-state index in [9.17, 15) is 4.79 Å². The van der Waals surface area contributed by atoms with Gasteiger partial charge >= 0.3 is 0 Å². The number of likely N-dealkylation sites (tertiary alicyclic amines) is 1. The number of hydrogen-bond acceptors (Lipinski definition) is 1. The molecule has 1 unspecified atom stereocenters. The molecule has 1 saturated heterocycles. The van der Waals surface area contributed by atoms with Gasteiger partial charge in [-0.1, -0.05) is 6.92 Å². The molecule has 13 heavy (non-hydrogen) atoms. The van der Waals surface area contributed by atoms with Crippen LogP contribution in [0.4, 0.5) is 0 Å². The molecule has 1 saturated carbocycles. The van der Waals surface area contributed by atoms with Crippen LogP contribution in [-0.4, -0.2) is 22.9 Å². The highest BCUT2D eigenvalue weighted by molar-refractivity contribution is 5.80. The molecule has 1 atom stereocenters.